The third-order valence-corrected chi connectivity index (χ3v) is 3.88. The summed E-state index contributed by atoms with van der Waals surface area (Å²) >= 11 is 6.15. The van der Waals surface area contributed by atoms with Crippen molar-refractivity contribution in [3.8, 4) is 0 Å². The van der Waals surface area contributed by atoms with Crippen molar-refractivity contribution in [1.29, 1.82) is 0 Å². The number of pyridine rings is 1. The molecular formula is C19H22ClN. The van der Waals surface area contributed by atoms with E-state index in [0.717, 1.165) is 10.8 Å². The fourth-order valence-electron chi connectivity index (χ4n) is 2.43. The quantitative estimate of drug-likeness (QED) is 0.347. The van der Waals surface area contributed by atoms with Crippen LogP contribution in [-0.2, 0) is 5.41 Å². The van der Waals surface area contributed by atoms with Crippen LogP contribution in [0.25, 0.3) is 21.5 Å². The van der Waals surface area contributed by atoms with E-state index in [-0.39, 0.29) is 5.41 Å². The van der Waals surface area contributed by atoms with Gasteiger partial charge in [0.15, 0.2) is 0 Å². The second-order valence-electron chi connectivity index (χ2n) is 5.95. The molecule has 1 aromatic heterocycles. The number of fused-ring (bicyclic) bond motifs is 3. The fourth-order valence-corrected chi connectivity index (χ4v) is 2.65. The molecule has 0 saturated heterocycles. The Bertz CT molecular complexity index is 769. The first-order chi connectivity index (χ1) is 9.97. The van der Waals surface area contributed by atoms with E-state index in [0.29, 0.717) is 5.15 Å². The topological polar surface area (TPSA) is 12.9 Å². The van der Waals surface area contributed by atoms with E-state index in [1.807, 2.05) is 19.9 Å². The second-order valence-corrected chi connectivity index (χ2v) is 6.31. The van der Waals surface area contributed by atoms with Crippen LogP contribution < -0.4 is 0 Å². The summed E-state index contributed by atoms with van der Waals surface area (Å²) in [4.78, 5) is 4.14. The van der Waals surface area contributed by atoms with Crippen LogP contribution in [0.2, 0.25) is 5.15 Å². The van der Waals surface area contributed by atoms with Crippen molar-refractivity contribution in [3.05, 3.63) is 53.3 Å². The van der Waals surface area contributed by atoms with Crippen LogP contribution >= 0.6 is 11.6 Å². The number of nitrogens with zero attached hydrogens (tertiary/aromatic N) is 1. The Morgan fingerprint density at radius 3 is 2.19 bits per heavy atom. The maximum atomic E-state index is 6.15. The molecule has 0 aliphatic heterocycles. The molecule has 21 heavy (non-hydrogen) atoms. The lowest BCUT2D eigenvalue weighted by molar-refractivity contribution is 0.591. The lowest BCUT2D eigenvalue weighted by Gasteiger charge is -2.19. The molecule has 0 bridgehead atoms. The molecule has 110 valence electrons. The summed E-state index contributed by atoms with van der Waals surface area (Å²) in [6.45, 7) is 10.7. The number of hydrogen-bond donors (Lipinski definition) is 0. The highest BCUT2D eigenvalue weighted by Gasteiger charge is 2.14. The third kappa shape index (κ3) is 3.03. The molecule has 3 aromatic rings. The summed E-state index contributed by atoms with van der Waals surface area (Å²) in [6, 6.07) is 12.9. The average Bonchev–Trinajstić information content (AvgIpc) is 2.48. The SMILES string of the molecule is CC.CC(C)(C)c1ccc2c(ccc3c(Cl)nccc32)c1. The number of benzene rings is 2. The van der Waals surface area contributed by atoms with Gasteiger partial charge in [-0.15, -0.1) is 0 Å². The van der Waals surface area contributed by atoms with Crippen molar-refractivity contribution in [2.75, 3.05) is 0 Å². The zero-order valence-electron chi connectivity index (χ0n) is 13.4. The van der Waals surface area contributed by atoms with Crippen molar-refractivity contribution in [3.63, 3.8) is 0 Å². The van der Waals surface area contributed by atoms with Crippen LogP contribution in [0.4, 0.5) is 0 Å². The molecule has 0 fully saturated rings. The van der Waals surface area contributed by atoms with Gasteiger partial charge in [-0.1, -0.05) is 76.6 Å². The number of halogens is 1. The Morgan fingerprint density at radius 2 is 1.52 bits per heavy atom. The van der Waals surface area contributed by atoms with Crippen LogP contribution in [0.15, 0.2) is 42.6 Å². The van der Waals surface area contributed by atoms with Crippen molar-refractivity contribution in [2.24, 2.45) is 0 Å². The highest BCUT2D eigenvalue weighted by molar-refractivity contribution is 6.35. The molecule has 0 atom stereocenters. The summed E-state index contributed by atoms with van der Waals surface area (Å²) in [7, 11) is 0. The average molecular weight is 300 g/mol. The first-order valence-electron chi connectivity index (χ1n) is 7.44. The molecule has 0 aliphatic rings. The molecule has 1 heterocycles. The highest BCUT2D eigenvalue weighted by atomic mass is 35.5. The van der Waals surface area contributed by atoms with Crippen molar-refractivity contribution < 1.29 is 0 Å². The Balaban J connectivity index is 0.000000774. The number of hydrogen-bond acceptors (Lipinski definition) is 1. The fraction of sp³-hybridized carbons (Fsp3) is 0.316. The van der Waals surface area contributed by atoms with Gasteiger partial charge in [0.25, 0.3) is 0 Å². The van der Waals surface area contributed by atoms with Crippen molar-refractivity contribution in [2.45, 2.75) is 40.0 Å². The van der Waals surface area contributed by atoms with E-state index in [9.17, 15) is 0 Å². The second kappa shape index (κ2) is 6.03. The summed E-state index contributed by atoms with van der Waals surface area (Å²) in [5.74, 6) is 0. The molecule has 1 nitrogen and oxygen atoms in total. The zero-order chi connectivity index (χ0) is 15.6. The van der Waals surface area contributed by atoms with Crippen molar-refractivity contribution in [1.82, 2.24) is 4.98 Å². The lowest BCUT2D eigenvalue weighted by atomic mass is 9.85. The van der Waals surface area contributed by atoms with E-state index in [4.69, 9.17) is 11.6 Å². The minimum Gasteiger partial charge on any atom is -0.244 e. The minimum atomic E-state index is 0.166. The molecule has 0 radical (unpaired) electrons. The molecule has 0 amide bonds. The van der Waals surface area contributed by atoms with E-state index >= 15 is 0 Å². The molecule has 0 aliphatic carbocycles. The lowest BCUT2D eigenvalue weighted by Crippen LogP contribution is -2.10. The summed E-state index contributed by atoms with van der Waals surface area (Å²) in [6.07, 6.45) is 1.77. The molecule has 0 spiro atoms. The van der Waals surface area contributed by atoms with E-state index in [1.165, 1.54) is 16.3 Å². The van der Waals surface area contributed by atoms with Crippen LogP contribution in [0.5, 0.6) is 0 Å². The van der Waals surface area contributed by atoms with Crippen LogP contribution in [0.1, 0.15) is 40.2 Å². The number of aromatic nitrogens is 1. The third-order valence-electron chi connectivity index (χ3n) is 3.58. The zero-order valence-corrected chi connectivity index (χ0v) is 14.1. The predicted octanol–water partition coefficient (Wildman–Crippen LogP) is 6.37. The van der Waals surface area contributed by atoms with Crippen LogP contribution in [0.3, 0.4) is 0 Å². The molecule has 0 N–H and O–H groups in total. The van der Waals surface area contributed by atoms with E-state index in [1.54, 1.807) is 6.20 Å². The van der Waals surface area contributed by atoms with Crippen molar-refractivity contribution >= 4 is 33.1 Å². The van der Waals surface area contributed by atoms with Gasteiger partial charge in [0, 0.05) is 11.6 Å². The van der Waals surface area contributed by atoms with Gasteiger partial charge in [-0.25, -0.2) is 4.98 Å². The summed E-state index contributed by atoms with van der Waals surface area (Å²) < 4.78 is 0. The first-order valence-corrected chi connectivity index (χ1v) is 7.82. The summed E-state index contributed by atoms with van der Waals surface area (Å²) in [5.41, 5.74) is 1.51. The molecule has 3 rings (SSSR count). The van der Waals surface area contributed by atoms with Gasteiger partial charge < -0.3 is 0 Å². The predicted molar refractivity (Wildman–Crippen MR) is 94.3 cm³/mol. The van der Waals surface area contributed by atoms with Crippen LogP contribution in [-0.4, -0.2) is 4.98 Å². The molecular weight excluding hydrogens is 278 g/mol. The van der Waals surface area contributed by atoms with Gasteiger partial charge in [-0.2, -0.15) is 0 Å². The maximum Gasteiger partial charge on any atom is 0.136 e. The van der Waals surface area contributed by atoms with Gasteiger partial charge in [0.2, 0.25) is 0 Å². The molecule has 2 heteroatoms. The normalized spacial score (nSPS) is 11.3. The minimum absolute atomic E-state index is 0.166. The van der Waals surface area contributed by atoms with E-state index in [2.05, 4.69) is 56.1 Å². The van der Waals surface area contributed by atoms with Gasteiger partial charge in [0.05, 0.1) is 0 Å². The largest absolute Gasteiger partial charge is 0.244 e. The number of rotatable bonds is 0. The van der Waals surface area contributed by atoms with Gasteiger partial charge >= 0.3 is 0 Å². The first kappa shape index (κ1) is 15.8. The van der Waals surface area contributed by atoms with Gasteiger partial charge in [-0.05, 0) is 33.2 Å². The Labute approximate surface area is 132 Å². The standard InChI is InChI=1S/C17H16ClN.C2H6/c1-17(2,3)12-5-7-13-11(10-12)4-6-15-14(13)8-9-19-16(15)18;1-2/h4-10H,1-3H3;1-2H3. The molecule has 2 aromatic carbocycles. The monoisotopic (exact) mass is 299 g/mol. The van der Waals surface area contributed by atoms with Gasteiger partial charge in [-0.3, -0.25) is 0 Å². The van der Waals surface area contributed by atoms with Gasteiger partial charge in [0.1, 0.15) is 5.15 Å². The highest BCUT2D eigenvalue weighted by Crippen LogP contribution is 2.32. The van der Waals surface area contributed by atoms with E-state index < -0.39 is 0 Å². The molecule has 0 unspecified atom stereocenters. The van der Waals surface area contributed by atoms with Crippen LogP contribution in [0, 0.1) is 0 Å². The molecule has 0 saturated carbocycles. The smallest absolute Gasteiger partial charge is 0.136 e. The Morgan fingerprint density at radius 1 is 0.857 bits per heavy atom. The maximum absolute atomic E-state index is 6.15. The Hall–Kier alpha value is -1.60. The summed E-state index contributed by atoms with van der Waals surface area (Å²) in [5, 5.41) is 5.23. The Kier molecular flexibility index (Phi) is 4.53.